The second-order valence-corrected chi connectivity index (χ2v) is 8.49. The standard InChI is InChI=1S/C21H17Cl2N3O3S/c22-13-5-7-14(8-6-13)26(19(28)16-3-1-2-4-17(16)23)21-24-18(12-30-21)20(29)25-10-9-15(27)11-25/h1-8,12,15,27H,9-11H2. The number of amides is 2. The minimum Gasteiger partial charge on any atom is -0.391 e. The van der Waals surface area contributed by atoms with Gasteiger partial charge in [0.2, 0.25) is 0 Å². The third kappa shape index (κ3) is 4.20. The molecule has 154 valence electrons. The fourth-order valence-electron chi connectivity index (χ4n) is 3.21. The lowest BCUT2D eigenvalue weighted by atomic mass is 10.2. The molecule has 9 heteroatoms. The largest absolute Gasteiger partial charge is 0.391 e. The quantitative estimate of drug-likeness (QED) is 0.614. The van der Waals surface area contributed by atoms with Crippen LogP contribution >= 0.6 is 34.5 Å². The number of carbonyl (C=O) groups excluding carboxylic acids is 2. The summed E-state index contributed by atoms with van der Waals surface area (Å²) in [4.78, 5) is 33.5. The van der Waals surface area contributed by atoms with Gasteiger partial charge < -0.3 is 10.0 Å². The molecular formula is C21H17Cl2N3O3S. The summed E-state index contributed by atoms with van der Waals surface area (Å²) >= 11 is 13.4. The predicted molar refractivity (Wildman–Crippen MR) is 118 cm³/mol. The van der Waals surface area contributed by atoms with Gasteiger partial charge in [0, 0.05) is 23.5 Å². The van der Waals surface area contributed by atoms with Gasteiger partial charge in [-0.1, -0.05) is 35.3 Å². The van der Waals surface area contributed by atoms with Gasteiger partial charge in [0.05, 0.1) is 22.4 Å². The molecule has 1 fully saturated rings. The molecule has 1 aliphatic heterocycles. The van der Waals surface area contributed by atoms with Gasteiger partial charge in [0.25, 0.3) is 11.8 Å². The molecule has 3 aromatic rings. The molecule has 2 amide bonds. The van der Waals surface area contributed by atoms with Gasteiger partial charge in [-0.05, 0) is 42.8 Å². The number of hydrogen-bond donors (Lipinski definition) is 1. The number of hydrogen-bond acceptors (Lipinski definition) is 5. The minimum atomic E-state index is -0.514. The summed E-state index contributed by atoms with van der Waals surface area (Å²) in [6.07, 6.45) is 0.0318. The van der Waals surface area contributed by atoms with E-state index in [-0.39, 0.29) is 24.1 Å². The SMILES string of the molecule is O=C(c1csc(N(C(=O)c2ccccc2Cl)c2ccc(Cl)cc2)n1)N1CCC(O)C1. The van der Waals surface area contributed by atoms with Crippen LogP contribution in [0, 0.1) is 0 Å². The number of likely N-dealkylation sites (tertiary alicyclic amines) is 1. The summed E-state index contributed by atoms with van der Waals surface area (Å²) in [6.45, 7) is 0.761. The van der Waals surface area contributed by atoms with Crippen molar-refractivity contribution in [3.8, 4) is 0 Å². The number of nitrogens with zero attached hydrogens (tertiary/aromatic N) is 3. The number of thiazole rings is 1. The average Bonchev–Trinajstić information content (AvgIpc) is 3.39. The van der Waals surface area contributed by atoms with Gasteiger partial charge >= 0.3 is 0 Å². The van der Waals surface area contributed by atoms with Crippen LogP contribution in [0.15, 0.2) is 53.9 Å². The van der Waals surface area contributed by atoms with Crippen molar-refractivity contribution in [1.82, 2.24) is 9.88 Å². The van der Waals surface area contributed by atoms with E-state index in [9.17, 15) is 14.7 Å². The molecule has 4 rings (SSSR count). The molecule has 1 atom stereocenters. The summed E-state index contributed by atoms with van der Waals surface area (Å²) in [5.74, 6) is -0.636. The third-order valence-corrected chi connectivity index (χ3v) is 6.15. The Morgan fingerprint density at radius 1 is 1.13 bits per heavy atom. The predicted octanol–water partition coefficient (Wildman–Crippen LogP) is 4.64. The van der Waals surface area contributed by atoms with E-state index in [4.69, 9.17) is 23.2 Å². The molecular weight excluding hydrogens is 445 g/mol. The maximum absolute atomic E-state index is 13.4. The zero-order chi connectivity index (χ0) is 21.3. The average molecular weight is 462 g/mol. The van der Waals surface area contributed by atoms with E-state index in [0.717, 1.165) is 0 Å². The monoisotopic (exact) mass is 461 g/mol. The lowest BCUT2D eigenvalue weighted by molar-refractivity contribution is 0.0759. The number of rotatable bonds is 4. The van der Waals surface area contributed by atoms with Crippen molar-refractivity contribution in [2.75, 3.05) is 18.0 Å². The van der Waals surface area contributed by atoms with Crippen LogP contribution in [-0.4, -0.2) is 46.0 Å². The normalized spacial score (nSPS) is 16.0. The zero-order valence-electron chi connectivity index (χ0n) is 15.7. The fraction of sp³-hybridized carbons (Fsp3) is 0.190. The number of carbonyl (C=O) groups is 2. The Morgan fingerprint density at radius 3 is 2.53 bits per heavy atom. The Kier molecular flexibility index (Phi) is 6.06. The van der Waals surface area contributed by atoms with Crippen LogP contribution in [-0.2, 0) is 0 Å². The van der Waals surface area contributed by atoms with Crippen molar-refractivity contribution < 1.29 is 14.7 Å². The number of halogens is 2. The lowest BCUT2D eigenvalue weighted by Crippen LogP contribution is -2.30. The molecule has 2 aromatic carbocycles. The first-order chi connectivity index (χ1) is 14.4. The summed E-state index contributed by atoms with van der Waals surface area (Å²) < 4.78 is 0. The summed E-state index contributed by atoms with van der Waals surface area (Å²) in [6, 6.07) is 13.5. The maximum atomic E-state index is 13.4. The molecule has 0 bridgehead atoms. The van der Waals surface area contributed by atoms with E-state index < -0.39 is 6.10 Å². The minimum absolute atomic E-state index is 0.232. The molecule has 30 heavy (non-hydrogen) atoms. The molecule has 1 N–H and O–H groups in total. The van der Waals surface area contributed by atoms with E-state index in [1.165, 1.54) is 16.2 Å². The van der Waals surface area contributed by atoms with Gasteiger partial charge in [-0.3, -0.25) is 14.5 Å². The number of aromatic nitrogens is 1. The number of benzene rings is 2. The summed E-state index contributed by atoms with van der Waals surface area (Å²) in [5.41, 5.74) is 1.10. The smallest absolute Gasteiger partial charge is 0.273 e. The molecule has 2 heterocycles. The summed E-state index contributed by atoms with van der Waals surface area (Å²) in [7, 11) is 0. The van der Waals surface area contributed by atoms with Gasteiger partial charge in [-0.15, -0.1) is 11.3 Å². The van der Waals surface area contributed by atoms with Crippen molar-refractivity contribution in [3.63, 3.8) is 0 Å². The molecule has 1 aliphatic rings. The Labute approximate surface area is 187 Å². The molecule has 0 spiro atoms. The number of aliphatic hydroxyl groups is 1. The Morgan fingerprint density at radius 2 is 1.87 bits per heavy atom. The third-order valence-electron chi connectivity index (χ3n) is 4.75. The molecule has 1 aromatic heterocycles. The van der Waals surface area contributed by atoms with E-state index >= 15 is 0 Å². The number of anilines is 2. The topological polar surface area (TPSA) is 73.7 Å². The highest BCUT2D eigenvalue weighted by atomic mass is 35.5. The van der Waals surface area contributed by atoms with E-state index in [0.29, 0.717) is 39.4 Å². The molecule has 1 unspecified atom stereocenters. The second kappa shape index (κ2) is 8.73. The molecule has 0 saturated carbocycles. The van der Waals surface area contributed by atoms with Crippen LogP contribution in [0.1, 0.15) is 27.3 Å². The Bertz CT molecular complexity index is 1090. The van der Waals surface area contributed by atoms with Crippen molar-refractivity contribution in [2.45, 2.75) is 12.5 Å². The van der Waals surface area contributed by atoms with Gasteiger partial charge in [0.1, 0.15) is 5.69 Å². The van der Waals surface area contributed by atoms with Gasteiger partial charge in [-0.25, -0.2) is 4.98 Å². The Balaban J connectivity index is 1.71. The highest BCUT2D eigenvalue weighted by Gasteiger charge is 2.29. The van der Waals surface area contributed by atoms with Crippen LogP contribution in [0.25, 0.3) is 0 Å². The first kappa shape index (κ1) is 20.8. The molecule has 0 radical (unpaired) electrons. The number of aliphatic hydroxyl groups excluding tert-OH is 1. The van der Waals surface area contributed by atoms with Crippen LogP contribution in [0.4, 0.5) is 10.8 Å². The maximum Gasteiger partial charge on any atom is 0.273 e. The first-order valence-corrected chi connectivity index (χ1v) is 10.8. The highest BCUT2D eigenvalue weighted by Crippen LogP contribution is 2.33. The lowest BCUT2D eigenvalue weighted by Gasteiger charge is -2.21. The van der Waals surface area contributed by atoms with Crippen molar-refractivity contribution in [3.05, 3.63) is 75.2 Å². The molecule has 1 saturated heterocycles. The fourth-order valence-corrected chi connectivity index (χ4v) is 4.37. The van der Waals surface area contributed by atoms with E-state index in [1.54, 1.807) is 58.8 Å². The number of β-amino-alcohol motifs (C(OH)–C–C–N with tert-alkyl or cyclic N) is 1. The van der Waals surface area contributed by atoms with Crippen LogP contribution in [0.3, 0.4) is 0 Å². The van der Waals surface area contributed by atoms with Gasteiger partial charge in [0.15, 0.2) is 5.13 Å². The molecule has 0 aliphatic carbocycles. The Hall–Kier alpha value is -2.45. The highest BCUT2D eigenvalue weighted by molar-refractivity contribution is 7.14. The summed E-state index contributed by atoms with van der Waals surface area (Å²) in [5, 5.41) is 12.5. The molecule has 6 nitrogen and oxygen atoms in total. The van der Waals surface area contributed by atoms with E-state index in [1.807, 2.05) is 0 Å². The zero-order valence-corrected chi connectivity index (χ0v) is 18.0. The van der Waals surface area contributed by atoms with Crippen LogP contribution in [0.5, 0.6) is 0 Å². The van der Waals surface area contributed by atoms with Gasteiger partial charge in [-0.2, -0.15) is 0 Å². The van der Waals surface area contributed by atoms with E-state index in [2.05, 4.69) is 4.98 Å². The van der Waals surface area contributed by atoms with Crippen LogP contribution < -0.4 is 4.90 Å². The van der Waals surface area contributed by atoms with Crippen molar-refractivity contribution in [1.29, 1.82) is 0 Å². The first-order valence-electron chi connectivity index (χ1n) is 9.21. The van der Waals surface area contributed by atoms with Crippen molar-refractivity contribution >= 4 is 57.2 Å². The van der Waals surface area contributed by atoms with Crippen LogP contribution in [0.2, 0.25) is 10.0 Å². The second-order valence-electron chi connectivity index (χ2n) is 6.81. The van der Waals surface area contributed by atoms with Crippen molar-refractivity contribution in [2.24, 2.45) is 0 Å².